The van der Waals surface area contributed by atoms with Crippen molar-refractivity contribution in [3.8, 4) is 0 Å². The van der Waals surface area contributed by atoms with Gasteiger partial charge in [-0.05, 0) is 29.7 Å². The summed E-state index contributed by atoms with van der Waals surface area (Å²) < 4.78 is 1.11. The Bertz CT molecular complexity index is 731. The highest BCUT2D eigenvalue weighted by Crippen LogP contribution is 2.26. The molecular formula is C17H16N2OS. The molecule has 106 valence electrons. The van der Waals surface area contributed by atoms with E-state index in [4.69, 9.17) is 5.73 Å². The average molecular weight is 296 g/mol. The number of fused-ring (bicyclic) bond motifs is 1. The van der Waals surface area contributed by atoms with Crippen molar-refractivity contribution < 1.29 is 4.79 Å². The molecule has 0 bridgehead atoms. The summed E-state index contributed by atoms with van der Waals surface area (Å²) >= 11 is 1.48. The summed E-state index contributed by atoms with van der Waals surface area (Å²) in [6.07, 6.45) is 0. The van der Waals surface area contributed by atoms with E-state index in [1.807, 2.05) is 42.5 Å². The molecule has 0 fully saturated rings. The molecule has 1 amide bonds. The van der Waals surface area contributed by atoms with Gasteiger partial charge in [0.1, 0.15) is 0 Å². The largest absolute Gasteiger partial charge is 0.397 e. The molecule has 4 heteroatoms. The van der Waals surface area contributed by atoms with Crippen molar-refractivity contribution >= 4 is 38.7 Å². The normalized spacial score (nSPS) is 9.71. The molecule has 21 heavy (non-hydrogen) atoms. The second-order valence-electron chi connectivity index (χ2n) is 4.19. The lowest BCUT2D eigenvalue weighted by molar-refractivity contribution is 0.103. The Hall–Kier alpha value is -2.59. The summed E-state index contributed by atoms with van der Waals surface area (Å²) in [7, 11) is 0. The van der Waals surface area contributed by atoms with Gasteiger partial charge in [0.25, 0.3) is 5.91 Å². The van der Waals surface area contributed by atoms with Gasteiger partial charge in [0.15, 0.2) is 0 Å². The lowest BCUT2D eigenvalue weighted by atomic mass is 10.2. The Balaban J connectivity index is 0.000000774. The summed E-state index contributed by atoms with van der Waals surface area (Å²) in [5, 5.41) is 3.92. The molecule has 3 N–H and O–H groups in total. The van der Waals surface area contributed by atoms with E-state index in [-0.39, 0.29) is 5.91 Å². The maximum absolute atomic E-state index is 12.2. The number of nitrogens with two attached hydrogens (primary N) is 1. The Kier molecular flexibility index (Phi) is 4.74. The molecule has 0 saturated carbocycles. The molecule has 1 heterocycles. The van der Waals surface area contributed by atoms with Gasteiger partial charge in [-0.1, -0.05) is 30.3 Å². The van der Waals surface area contributed by atoms with Crippen LogP contribution in [0.3, 0.4) is 0 Å². The highest BCUT2D eigenvalue weighted by atomic mass is 32.1. The minimum atomic E-state index is -0.126. The zero-order chi connectivity index (χ0) is 15.2. The first-order valence-corrected chi connectivity index (χ1v) is 7.20. The minimum absolute atomic E-state index is 0.126. The van der Waals surface area contributed by atoms with Gasteiger partial charge in [-0.3, -0.25) is 4.79 Å². The topological polar surface area (TPSA) is 55.1 Å². The molecule has 1 aromatic heterocycles. The fraction of sp³-hybridized carbons (Fsp3) is 0. The second-order valence-corrected chi connectivity index (χ2v) is 5.27. The lowest BCUT2D eigenvalue weighted by Crippen LogP contribution is -2.11. The third kappa shape index (κ3) is 3.30. The number of nitrogen functional groups attached to an aromatic ring is 1. The van der Waals surface area contributed by atoms with Gasteiger partial charge in [0.2, 0.25) is 0 Å². The first kappa shape index (κ1) is 14.8. The standard InChI is InChI=1S/C15H12N2OS.C2H4/c16-11-6-2-3-7-12(11)17-15(18)14-9-10-5-1-4-8-13(10)19-14;1-2/h1-9H,16H2,(H,17,18);1-2H2. The van der Waals surface area contributed by atoms with Gasteiger partial charge in [0.05, 0.1) is 16.3 Å². The van der Waals surface area contributed by atoms with E-state index in [0.717, 1.165) is 10.1 Å². The van der Waals surface area contributed by atoms with E-state index in [9.17, 15) is 4.79 Å². The molecule has 0 aliphatic rings. The highest BCUT2D eigenvalue weighted by molar-refractivity contribution is 7.20. The van der Waals surface area contributed by atoms with Crippen LogP contribution in [0.5, 0.6) is 0 Å². The predicted molar refractivity (Wildman–Crippen MR) is 91.9 cm³/mol. The number of rotatable bonds is 2. The van der Waals surface area contributed by atoms with Crippen LogP contribution in [0.15, 0.2) is 67.8 Å². The summed E-state index contributed by atoms with van der Waals surface area (Å²) in [6, 6.07) is 17.1. The highest BCUT2D eigenvalue weighted by Gasteiger charge is 2.11. The Morgan fingerprint density at radius 2 is 1.71 bits per heavy atom. The number of para-hydroxylation sites is 2. The SMILES string of the molecule is C=C.Nc1ccccc1NC(=O)c1cc2ccccc2s1. The molecule has 3 nitrogen and oxygen atoms in total. The number of hydrogen-bond acceptors (Lipinski definition) is 3. The zero-order valence-corrected chi connectivity index (χ0v) is 12.3. The van der Waals surface area contributed by atoms with Gasteiger partial charge < -0.3 is 11.1 Å². The molecule has 0 radical (unpaired) electrons. The van der Waals surface area contributed by atoms with Crippen LogP contribution in [-0.2, 0) is 0 Å². The van der Waals surface area contributed by atoms with E-state index in [2.05, 4.69) is 18.5 Å². The van der Waals surface area contributed by atoms with Gasteiger partial charge in [-0.2, -0.15) is 0 Å². The van der Waals surface area contributed by atoms with E-state index in [1.54, 1.807) is 12.1 Å². The van der Waals surface area contributed by atoms with Crippen molar-refractivity contribution in [3.63, 3.8) is 0 Å². The average Bonchev–Trinajstić information content (AvgIpc) is 2.96. The van der Waals surface area contributed by atoms with E-state index in [1.165, 1.54) is 11.3 Å². The molecular weight excluding hydrogens is 280 g/mol. The number of benzene rings is 2. The van der Waals surface area contributed by atoms with Crippen LogP contribution in [0.25, 0.3) is 10.1 Å². The summed E-state index contributed by atoms with van der Waals surface area (Å²) in [4.78, 5) is 12.9. The predicted octanol–water partition coefficient (Wildman–Crippen LogP) is 4.54. The molecule has 0 unspecified atom stereocenters. The molecule has 0 atom stereocenters. The fourth-order valence-corrected chi connectivity index (χ4v) is 2.85. The summed E-state index contributed by atoms with van der Waals surface area (Å²) in [5.41, 5.74) is 7.02. The van der Waals surface area contributed by atoms with Crippen LogP contribution in [0.2, 0.25) is 0 Å². The van der Waals surface area contributed by atoms with Crippen LogP contribution in [-0.4, -0.2) is 5.91 Å². The first-order valence-electron chi connectivity index (χ1n) is 6.38. The number of nitrogens with one attached hydrogen (secondary N) is 1. The molecule has 0 spiro atoms. The molecule has 0 saturated heterocycles. The molecule has 0 aliphatic heterocycles. The van der Waals surface area contributed by atoms with Crippen molar-refractivity contribution in [1.82, 2.24) is 0 Å². The monoisotopic (exact) mass is 296 g/mol. The molecule has 2 aromatic carbocycles. The number of anilines is 2. The first-order chi connectivity index (χ1) is 10.2. The molecule has 3 rings (SSSR count). The second kappa shape index (κ2) is 6.72. The van der Waals surface area contributed by atoms with Crippen molar-refractivity contribution in [1.29, 1.82) is 0 Å². The number of amides is 1. The Morgan fingerprint density at radius 1 is 1.05 bits per heavy atom. The summed E-state index contributed by atoms with van der Waals surface area (Å²) in [5.74, 6) is -0.126. The van der Waals surface area contributed by atoms with Crippen molar-refractivity contribution in [2.45, 2.75) is 0 Å². The summed E-state index contributed by atoms with van der Waals surface area (Å²) in [6.45, 7) is 6.00. The quantitative estimate of drug-likeness (QED) is 0.539. The van der Waals surface area contributed by atoms with Gasteiger partial charge in [-0.25, -0.2) is 0 Å². The van der Waals surface area contributed by atoms with Crippen LogP contribution in [0, 0.1) is 0 Å². The van der Waals surface area contributed by atoms with Gasteiger partial charge >= 0.3 is 0 Å². The third-order valence-corrected chi connectivity index (χ3v) is 3.97. The van der Waals surface area contributed by atoms with Gasteiger partial charge in [0, 0.05) is 4.70 Å². The molecule has 0 aliphatic carbocycles. The van der Waals surface area contributed by atoms with E-state index in [0.29, 0.717) is 16.3 Å². The molecule has 3 aromatic rings. The third-order valence-electron chi connectivity index (χ3n) is 2.86. The maximum atomic E-state index is 12.2. The Morgan fingerprint density at radius 3 is 2.43 bits per heavy atom. The number of carbonyl (C=O) groups is 1. The van der Waals surface area contributed by atoms with E-state index >= 15 is 0 Å². The minimum Gasteiger partial charge on any atom is -0.397 e. The number of carbonyl (C=O) groups excluding carboxylic acids is 1. The number of thiophene rings is 1. The number of hydrogen-bond donors (Lipinski definition) is 2. The van der Waals surface area contributed by atoms with Crippen LogP contribution in [0.4, 0.5) is 11.4 Å². The smallest absolute Gasteiger partial charge is 0.265 e. The van der Waals surface area contributed by atoms with Crippen molar-refractivity contribution in [3.05, 3.63) is 72.6 Å². The van der Waals surface area contributed by atoms with Crippen LogP contribution < -0.4 is 11.1 Å². The fourth-order valence-electron chi connectivity index (χ4n) is 1.89. The van der Waals surface area contributed by atoms with Crippen LogP contribution >= 0.6 is 11.3 Å². The zero-order valence-electron chi connectivity index (χ0n) is 11.5. The van der Waals surface area contributed by atoms with Crippen LogP contribution in [0.1, 0.15) is 9.67 Å². The Labute approximate surface area is 127 Å². The van der Waals surface area contributed by atoms with Gasteiger partial charge in [-0.15, -0.1) is 24.5 Å². The van der Waals surface area contributed by atoms with E-state index < -0.39 is 0 Å². The maximum Gasteiger partial charge on any atom is 0.265 e. The van der Waals surface area contributed by atoms with Crippen molar-refractivity contribution in [2.24, 2.45) is 0 Å². The lowest BCUT2D eigenvalue weighted by Gasteiger charge is -2.05. The van der Waals surface area contributed by atoms with Crippen molar-refractivity contribution in [2.75, 3.05) is 11.1 Å².